The van der Waals surface area contributed by atoms with Crippen molar-refractivity contribution in [2.24, 2.45) is 5.73 Å². The Morgan fingerprint density at radius 2 is 1.14 bits per heavy atom. The Balaban J connectivity index is 0.000000198. The monoisotopic (exact) mass is 891 g/mol. The third kappa shape index (κ3) is 15.3. The highest BCUT2D eigenvalue weighted by Crippen LogP contribution is 2.37. The van der Waals surface area contributed by atoms with Gasteiger partial charge >= 0.3 is 11.9 Å². The summed E-state index contributed by atoms with van der Waals surface area (Å²) < 4.78 is 20.5. The molecule has 2 aliphatic carbocycles. The molecular weight excluding hydrogens is 827 g/mol. The zero-order valence-corrected chi connectivity index (χ0v) is 39.0. The number of rotatable bonds is 14. The molecule has 6 aromatic rings. The molecule has 0 heterocycles. The molecule has 0 radical (unpaired) electrons. The van der Waals surface area contributed by atoms with Crippen LogP contribution in [-0.2, 0) is 23.9 Å². The molecule has 5 atom stereocenters. The van der Waals surface area contributed by atoms with Gasteiger partial charge in [-0.2, -0.15) is 5.26 Å². The average molecular weight is 892 g/mol. The highest BCUT2D eigenvalue weighted by molar-refractivity contribution is 5.87. The van der Waals surface area contributed by atoms with Crippen molar-refractivity contribution in [1.82, 2.24) is 5.32 Å². The first-order valence-electron chi connectivity index (χ1n) is 23.1. The van der Waals surface area contributed by atoms with Crippen molar-refractivity contribution < 1.29 is 33.3 Å². The van der Waals surface area contributed by atoms with Crippen molar-refractivity contribution in [3.63, 3.8) is 0 Å². The molecule has 0 saturated heterocycles. The second kappa shape index (κ2) is 26.4. The number of carbonyl (C=O) groups excluding carboxylic acids is 3. The van der Waals surface area contributed by atoms with Gasteiger partial charge in [0.25, 0.3) is 0 Å². The van der Waals surface area contributed by atoms with Gasteiger partial charge in [-0.25, -0.2) is 9.59 Å². The molecule has 2 saturated carbocycles. The number of fused-ring (bicyclic) bond motifs is 2. The molecule has 0 bridgehead atoms. The molecule has 3 N–H and O–H groups in total. The molecule has 10 nitrogen and oxygen atoms in total. The van der Waals surface area contributed by atoms with E-state index < -0.39 is 0 Å². The molecule has 0 aromatic heterocycles. The molecule has 6 aromatic carbocycles. The summed E-state index contributed by atoms with van der Waals surface area (Å²) >= 11 is 0. The standard InChI is InChI=1S/C27H31NO3.C15H18O4.C12H13N.C2H3N/c1-3-30-27(29)18-31-24-15-12-20(13-16-24)22-11-14-23(17-22)28-19(2)25-10-6-8-21-7-4-5-9-26(21)25;1-2-18-15(17)10-19-14-7-4-11(5-8-14)12-3-6-13(16)9-12;1-9(13)11-8-4-6-10-5-2-3-7-12(10)11;1-2-3/h4-10,12-13,15-16,19,22-23,28H,3,11,14,17-18H2,1-2H3;4-5,7-8,12H,2-3,6,9-10H2,1H3;2-9H,13H2,1H3;1H3/t19-,22+,23-;12-;9-;/m101./s1. The van der Waals surface area contributed by atoms with Gasteiger partial charge in [0, 0.05) is 37.9 Å². The predicted molar refractivity (Wildman–Crippen MR) is 262 cm³/mol. The minimum Gasteiger partial charge on any atom is -0.482 e. The Morgan fingerprint density at radius 3 is 1.62 bits per heavy atom. The first-order valence-corrected chi connectivity index (χ1v) is 23.1. The SMILES string of the molecule is CC#N.CCOC(=O)COc1ccc([C@H]2CCC(=O)C2)cc1.CCOC(=O)COc1ccc([C@H]2CC[C@@H](N[C@H](C)c3cccc4ccccc34)C2)cc1.C[C@@H](N)c1cccc2ccccc12. The average Bonchev–Trinajstić information content (AvgIpc) is 4.00. The number of ether oxygens (including phenoxy) is 4. The fraction of sp³-hybridized carbons (Fsp3) is 0.357. The Kier molecular flexibility index (Phi) is 20.2. The number of nitrogens with two attached hydrogens (primary N) is 1. The third-order valence-electron chi connectivity index (χ3n) is 11.8. The van der Waals surface area contributed by atoms with Crippen LogP contribution < -0.4 is 20.5 Å². The lowest BCUT2D eigenvalue weighted by atomic mass is 9.96. The number of benzene rings is 6. The summed E-state index contributed by atoms with van der Waals surface area (Å²) in [5.74, 6) is 1.87. The van der Waals surface area contributed by atoms with Gasteiger partial charge in [-0.05, 0) is 133 Å². The van der Waals surface area contributed by atoms with Crippen LogP contribution in [0.25, 0.3) is 21.5 Å². The van der Waals surface area contributed by atoms with E-state index in [-0.39, 0.29) is 31.2 Å². The van der Waals surface area contributed by atoms with Crippen molar-refractivity contribution in [2.45, 2.75) is 103 Å². The summed E-state index contributed by atoms with van der Waals surface area (Å²) in [6, 6.07) is 48.2. The van der Waals surface area contributed by atoms with Crippen LogP contribution in [0.15, 0.2) is 133 Å². The Labute approximate surface area is 390 Å². The minimum absolute atomic E-state index is 0.0470. The number of nitriles is 1. The van der Waals surface area contributed by atoms with Crippen molar-refractivity contribution in [2.75, 3.05) is 26.4 Å². The maximum absolute atomic E-state index is 11.4. The number of esters is 2. The highest BCUT2D eigenvalue weighted by atomic mass is 16.6. The maximum atomic E-state index is 11.4. The summed E-state index contributed by atoms with van der Waals surface area (Å²) in [6.07, 6.45) is 5.76. The minimum atomic E-state index is -0.368. The molecular formula is C56H65N3O7. The van der Waals surface area contributed by atoms with Gasteiger partial charge in [0.05, 0.1) is 19.3 Å². The molecule has 0 unspecified atom stereocenters. The number of Topliss-reactive ketones (excluding diaryl/α,β-unsaturated/α-hetero) is 1. The molecule has 0 spiro atoms. The largest absolute Gasteiger partial charge is 0.482 e. The van der Waals surface area contributed by atoms with Gasteiger partial charge < -0.3 is 30.0 Å². The first-order chi connectivity index (χ1) is 32.0. The van der Waals surface area contributed by atoms with E-state index in [0.29, 0.717) is 67.3 Å². The van der Waals surface area contributed by atoms with E-state index in [0.717, 1.165) is 18.4 Å². The van der Waals surface area contributed by atoms with Crippen LogP contribution in [-0.4, -0.2) is 50.2 Å². The van der Waals surface area contributed by atoms with E-state index in [9.17, 15) is 14.4 Å². The van der Waals surface area contributed by atoms with Crippen LogP contribution in [0.4, 0.5) is 0 Å². The highest BCUT2D eigenvalue weighted by Gasteiger charge is 2.27. The fourth-order valence-corrected chi connectivity index (χ4v) is 8.62. The van der Waals surface area contributed by atoms with Crippen LogP contribution in [0.3, 0.4) is 0 Å². The molecule has 8 rings (SSSR count). The lowest BCUT2D eigenvalue weighted by Crippen LogP contribution is -2.29. The second-order valence-corrected chi connectivity index (χ2v) is 16.5. The molecule has 0 aliphatic heterocycles. The number of nitrogens with one attached hydrogen (secondary N) is 1. The molecule has 0 amide bonds. The Morgan fingerprint density at radius 1 is 0.667 bits per heavy atom. The van der Waals surface area contributed by atoms with Crippen LogP contribution in [0.1, 0.15) is 119 Å². The number of ketones is 1. The maximum Gasteiger partial charge on any atom is 0.344 e. The summed E-state index contributed by atoms with van der Waals surface area (Å²) in [7, 11) is 0. The van der Waals surface area contributed by atoms with Crippen LogP contribution in [0.2, 0.25) is 0 Å². The zero-order chi connectivity index (χ0) is 47.3. The van der Waals surface area contributed by atoms with Crippen LogP contribution in [0, 0.1) is 11.3 Å². The fourth-order valence-electron chi connectivity index (χ4n) is 8.62. The number of hydrogen-bond acceptors (Lipinski definition) is 10. The molecule has 2 aliphatic rings. The van der Waals surface area contributed by atoms with Crippen molar-refractivity contribution in [1.29, 1.82) is 5.26 Å². The van der Waals surface area contributed by atoms with Crippen molar-refractivity contribution in [3.05, 3.63) is 156 Å². The number of carbonyl (C=O) groups is 3. The summed E-state index contributed by atoms with van der Waals surface area (Å²) in [6.45, 7) is 9.87. The van der Waals surface area contributed by atoms with E-state index in [2.05, 4.69) is 97.2 Å². The molecule has 66 heavy (non-hydrogen) atoms. The Hall–Kier alpha value is -6.54. The first kappa shape index (κ1) is 50.5. The van der Waals surface area contributed by atoms with Gasteiger partial charge in [-0.15, -0.1) is 0 Å². The topological polar surface area (TPSA) is 150 Å². The van der Waals surface area contributed by atoms with E-state index in [1.807, 2.05) is 55.5 Å². The Bertz CT molecular complexity index is 2490. The molecule has 2 fully saturated rings. The van der Waals surface area contributed by atoms with E-state index >= 15 is 0 Å². The zero-order valence-electron chi connectivity index (χ0n) is 39.0. The van der Waals surface area contributed by atoms with Crippen molar-refractivity contribution >= 4 is 39.3 Å². The van der Waals surface area contributed by atoms with Crippen LogP contribution >= 0.6 is 0 Å². The van der Waals surface area contributed by atoms with Gasteiger partial charge in [0.2, 0.25) is 0 Å². The normalized spacial score (nSPS) is 17.0. The lowest BCUT2D eigenvalue weighted by Gasteiger charge is -2.21. The quantitative estimate of drug-likeness (QED) is 0.101. The summed E-state index contributed by atoms with van der Waals surface area (Å²) in [4.78, 5) is 33.8. The molecule has 346 valence electrons. The van der Waals surface area contributed by atoms with Gasteiger partial charge in [0.1, 0.15) is 17.3 Å². The summed E-state index contributed by atoms with van der Waals surface area (Å²) in [5, 5.41) is 16.3. The van der Waals surface area contributed by atoms with Gasteiger partial charge in [-0.1, -0.05) is 109 Å². The van der Waals surface area contributed by atoms with E-state index in [4.69, 9.17) is 29.9 Å². The molecule has 10 heteroatoms. The third-order valence-corrected chi connectivity index (χ3v) is 11.8. The number of nitrogens with zero attached hydrogens (tertiary/aromatic N) is 1. The summed E-state index contributed by atoms with van der Waals surface area (Å²) in [5.41, 5.74) is 11.0. The smallest absolute Gasteiger partial charge is 0.344 e. The predicted octanol–water partition coefficient (Wildman–Crippen LogP) is 11.6. The number of hydrogen-bond donors (Lipinski definition) is 2. The lowest BCUT2D eigenvalue weighted by molar-refractivity contribution is -0.146. The van der Waals surface area contributed by atoms with E-state index in [1.54, 1.807) is 19.9 Å². The van der Waals surface area contributed by atoms with Gasteiger partial charge in [0.15, 0.2) is 13.2 Å². The second-order valence-electron chi connectivity index (χ2n) is 16.5. The van der Waals surface area contributed by atoms with E-state index in [1.165, 1.54) is 58.0 Å². The van der Waals surface area contributed by atoms with Gasteiger partial charge in [-0.3, -0.25) is 4.79 Å². The van der Waals surface area contributed by atoms with Crippen LogP contribution in [0.5, 0.6) is 11.5 Å². The van der Waals surface area contributed by atoms with Crippen molar-refractivity contribution in [3.8, 4) is 17.6 Å².